The molecule has 1 fully saturated rings. The predicted octanol–water partition coefficient (Wildman–Crippen LogP) is 2.63. The summed E-state index contributed by atoms with van der Waals surface area (Å²) in [6.45, 7) is 2.26. The van der Waals surface area contributed by atoms with Crippen LogP contribution in [0.25, 0.3) is 0 Å². The number of hydrogen-bond acceptors (Lipinski definition) is 3. The van der Waals surface area contributed by atoms with E-state index in [0.717, 1.165) is 13.0 Å². The molecule has 0 radical (unpaired) electrons. The van der Waals surface area contributed by atoms with Gasteiger partial charge in [-0.3, -0.25) is 0 Å². The van der Waals surface area contributed by atoms with E-state index in [9.17, 15) is 8.42 Å². The fourth-order valence-electron chi connectivity index (χ4n) is 1.97. The largest absolute Gasteiger partial charge is 0.315 e. The third-order valence-electron chi connectivity index (χ3n) is 2.86. The highest BCUT2D eigenvalue weighted by Gasteiger charge is 2.29. The second kappa shape index (κ2) is 6.16. The van der Waals surface area contributed by atoms with Gasteiger partial charge in [-0.1, -0.05) is 34.8 Å². The van der Waals surface area contributed by atoms with Crippen LogP contribution < -0.4 is 5.32 Å². The predicted molar refractivity (Wildman–Crippen MR) is 77.7 cm³/mol. The highest BCUT2D eigenvalue weighted by atomic mass is 35.5. The Morgan fingerprint density at radius 3 is 2.32 bits per heavy atom. The molecule has 4 nitrogen and oxygen atoms in total. The quantitative estimate of drug-likeness (QED) is 0.898. The van der Waals surface area contributed by atoms with Gasteiger partial charge >= 0.3 is 0 Å². The molecule has 0 bridgehead atoms. The zero-order valence-electron chi connectivity index (χ0n) is 10.00. The molecule has 19 heavy (non-hydrogen) atoms. The van der Waals surface area contributed by atoms with Crippen LogP contribution in [0.2, 0.25) is 15.1 Å². The molecule has 0 aromatic heterocycles. The molecular formula is C11H13Cl3N2O2S. The number of benzene rings is 1. The van der Waals surface area contributed by atoms with Gasteiger partial charge in [-0.05, 0) is 25.1 Å². The summed E-state index contributed by atoms with van der Waals surface area (Å²) in [5.41, 5.74) is 0. The van der Waals surface area contributed by atoms with Crippen LogP contribution in [0, 0.1) is 0 Å². The Kier molecular flexibility index (Phi) is 4.98. The average molecular weight is 344 g/mol. The topological polar surface area (TPSA) is 49.4 Å². The van der Waals surface area contributed by atoms with Crippen molar-refractivity contribution in [1.82, 2.24) is 9.62 Å². The van der Waals surface area contributed by atoms with Crippen molar-refractivity contribution in [1.29, 1.82) is 0 Å². The molecule has 0 amide bonds. The molecule has 8 heteroatoms. The van der Waals surface area contributed by atoms with Crippen molar-refractivity contribution in [3.63, 3.8) is 0 Å². The molecule has 1 aliphatic heterocycles. The van der Waals surface area contributed by atoms with Crippen LogP contribution in [0.15, 0.2) is 17.0 Å². The van der Waals surface area contributed by atoms with E-state index in [1.54, 1.807) is 0 Å². The first-order valence-corrected chi connectivity index (χ1v) is 8.36. The van der Waals surface area contributed by atoms with Crippen LogP contribution in [0.4, 0.5) is 0 Å². The Morgan fingerprint density at radius 1 is 1.05 bits per heavy atom. The summed E-state index contributed by atoms with van der Waals surface area (Å²) in [5.74, 6) is 0. The zero-order chi connectivity index (χ0) is 14.0. The molecule has 1 aromatic carbocycles. The van der Waals surface area contributed by atoms with Crippen molar-refractivity contribution in [2.24, 2.45) is 0 Å². The van der Waals surface area contributed by atoms with Crippen molar-refractivity contribution >= 4 is 44.8 Å². The maximum absolute atomic E-state index is 12.6. The number of rotatable bonds is 2. The first-order chi connectivity index (χ1) is 8.93. The fourth-order valence-corrected chi connectivity index (χ4v) is 4.94. The molecule has 0 saturated carbocycles. The lowest BCUT2D eigenvalue weighted by atomic mass is 10.4. The van der Waals surface area contributed by atoms with E-state index in [2.05, 4.69) is 5.32 Å². The highest BCUT2D eigenvalue weighted by molar-refractivity contribution is 7.89. The van der Waals surface area contributed by atoms with Gasteiger partial charge in [0.1, 0.15) is 4.90 Å². The van der Waals surface area contributed by atoms with E-state index < -0.39 is 10.0 Å². The molecule has 1 N–H and O–H groups in total. The second-order valence-electron chi connectivity index (χ2n) is 4.21. The molecule has 2 rings (SSSR count). The molecule has 1 heterocycles. The minimum Gasteiger partial charge on any atom is -0.315 e. The van der Waals surface area contributed by atoms with Crippen LogP contribution in [0.5, 0.6) is 0 Å². The first kappa shape index (κ1) is 15.4. The highest BCUT2D eigenvalue weighted by Crippen LogP contribution is 2.34. The second-order valence-corrected chi connectivity index (χ2v) is 7.33. The van der Waals surface area contributed by atoms with E-state index in [1.165, 1.54) is 16.4 Å². The van der Waals surface area contributed by atoms with Crippen LogP contribution >= 0.6 is 34.8 Å². The molecule has 0 spiro atoms. The lowest BCUT2D eigenvalue weighted by Gasteiger charge is -2.21. The van der Waals surface area contributed by atoms with Gasteiger partial charge in [0.05, 0.1) is 10.0 Å². The molecule has 0 atom stereocenters. The molecule has 1 aliphatic rings. The van der Waals surface area contributed by atoms with Crippen LogP contribution in [0.1, 0.15) is 6.42 Å². The van der Waals surface area contributed by atoms with Crippen LogP contribution in [-0.2, 0) is 10.0 Å². The minimum absolute atomic E-state index is 0.0507. The normalized spacial score (nSPS) is 18.3. The lowest BCUT2D eigenvalue weighted by molar-refractivity contribution is 0.432. The van der Waals surface area contributed by atoms with Crippen LogP contribution in [0.3, 0.4) is 0 Å². The van der Waals surface area contributed by atoms with Gasteiger partial charge in [-0.2, -0.15) is 4.31 Å². The number of sulfonamides is 1. The summed E-state index contributed by atoms with van der Waals surface area (Å²) in [6, 6.07) is 2.77. The summed E-state index contributed by atoms with van der Waals surface area (Å²) in [5, 5.41) is 3.56. The average Bonchev–Trinajstić information content (AvgIpc) is 2.55. The van der Waals surface area contributed by atoms with Crippen molar-refractivity contribution in [2.75, 3.05) is 26.2 Å². The van der Waals surface area contributed by atoms with Crippen molar-refractivity contribution in [3.05, 3.63) is 27.2 Å². The summed E-state index contributed by atoms with van der Waals surface area (Å²) in [7, 11) is -3.69. The molecule has 1 saturated heterocycles. The Balaban J connectivity index is 2.44. The van der Waals surface area contributed by atoms with E-state index in [-0.39, 0.29) is 14.9 Å². The summed E-state index contributed by atoms with van der Waals surface area (Å²) in [4.78, 5) is -0.0675. The fraction of sp³-hybridized carbons (Fsp3) is 0.455. The number of hydrogen-bond donors (Lipinski definition) is 1. The molecule has 0 aliphatic carbocycles. The minimum atomic E-state index is -3.69. The Hall–Kier alpha value is -0.0400. The maximum Gasteiger partial charge on any atom is 0.246 e. The maximum atomic E-state index is 12.6. The van der Waals surface area contributed by atoms with Gasteiger partial charge in [0.15, 0.2) is 0 Å². The van der Waals surface area contributed by atoms with Gasteiger partial charge in [0.25, 0.3) is 0 Å². The third kappa shape index (κ3) is 3.35. The van der Waals surface area contributed by atoms with E-state index in [0.29, 0.717) is 24.7 Å². The lowest BCUT2D eigenvalue weighted by Crippen LogP contribution is -2.34. The third-order valence-corrected chi connectivity index (χ3v) is 5.90. The van der Waals surface area contributed by atoms with Crippen molar-refractivity contribution < 1.29 is 8.42 Å². The number of nitrogens with zero attached hydrogens (tertiary/aromatic N) is 1. The Morgan fingerprint density at radius 2 is 1.68 bits per heavy atom. The standard InChI is InChI=1S/C11H13Cl3N2O2S/c12-8-6-9(13)11(10(14)7-8)19(17,18)16-4-1-2-15-3-5-16/h6-7,15H,1-5H2. The molecule has 106 valence electrons. The zero-order valence-corrected chi connectivity index (χ0v) is 13.1. The number of nitrogens with one attached hydrogen (secondary N) is 1. The SMILES string of the molecule is O=S(=O)(c1c(Cl)cc(Cl)cc1Cl)N1CCCNCC1. The summed E-state index contributed by atoms with van der Waals surface area (Å²) >= 11 is 17.8. The summed E-state index contributed by atoms with van der Waals surface area (Å²) in [6.07, 6.45) is 0.752. The Bertz CT molecular complexity index is 546. The van der Waals surface area contributed by atoms with E-state index in [1.807, 2.05) is 0 Å². The van der Waals surface area contributed by atoms with E-state index >= 15 is 0 Å². The van der Waals surface area contributed by atoms with Crippen molar-refractivity contribution in [3.8, 4) is 0 Å². The first-order valence-electron chi connectivity index (χ1n) is 5.78. The van der Waals surface area contributed by atoms with Gasteiger partial charge in [0, 0.05) is 24.7 Å². The summed E-state index contributed by atoms with van der Waals surface area (Å²) < 4.78 is 26.6. The van der Waals surface area contributed by atoms with E-state index in [4.69, 9.17) is 34.8 Å². The number of halogens is 3. The van der Waals surface area contributed by atoms with Gasteiger partial charge in [-0.15, -0.1) is 0 Å². The van der Waals surface area contributed by atoms with Gasteiger partial charge < -0.3 is 5.32 Å². The van der Waals surface area contributed by atoms with Crippen molar-refractivity contribution in [2.45, 2.75) is 11.3 Å². The monoisotopic (exact) mass is 342 g/mol. The van der Waals surface area contributed by atoms with Gasteiger partial charge in [0.2, 0.25) is 10.0 Å². The molecule has 1 aromatic rings. The molecule has 0 unspecified atom stereocenters. The smallest absolute Gasteiger partial charge is 0.246 e. The molecular weight excluding hydrogens is 331 g/mol. The Labute approximate surface area is 127 Å². The van der Waals surface area contributed by atoms with Crippen LogP contribution in [-0.4, -0.2) is 38.9 Å². The van der Waals surface area contributed by atoms with Gasteiger partial charge in [-0.25, -0.2) is 8.42 Å².